The average molecular weight is 288 g/mol. The number of hydrogen-bond donors (Lipinski definition) is 3. The maximum absolute atomic E-state index is 4.44. The van der Waals surface area contributed by atoms with Crippen molar-refractivity contribution in [1.82, 2.24) is 16.0 Å². The van der Waals surface area contributed by atoms with Gasteiger partial charge >= 0.3 is 0 Å². The molecule has 1 aliphatic heterocycles. The Morgan fingerprint density at radius 3 is 1.93 bits per heavy atom. The van der Waals surface area contributed by atoms with E-state index in [-0.39, 0.29) is 32.7 Å². The predicted molar refractivity (Wildman–Crippen MR) is 60.9 cm³/mol. The summed E-state index contributed by atoms with van der Waals surface area (Å²) < 4.78 is 0. The van der Waals surface area contributed by atoms with Crippen molar-refractivity contribution in [1.29, 1.82) is 0 Å². The van der Waals surface area contributed by atoms with Gasteiger partial charge in [0, 0.05) is 45.8 Å². The van der Waals surface area contributed by atoms with Crippen molar-refractivity contribution < 1.29 is 32.7 Å². The monoisotopic (exact) mass is 288 g/mol. The summed E-state index contributed by atoms with van der Waals surface area (Å²) in [5.41, 5.74) is 0. The quantitative estimate of drug-likeness (QED) is 0.584. The first-order valence-corrected chi connectivity index (χ1v) is 5.75. The summed E-state index contributed by atoms with van der Waals surface area (Å²) in [7, 11) is 0. The van der Waals surface area contributed by atoms with Gasteiger partial charge in [-0.25, -0.2) is 0 Å². The molecule has 0 aromatic heterocycles. The Morgan fingerprint density at radius 2 is 1.20 bits per heavy atom. The number of hydrogen-bond acceptors (Lipinski definition) is 3. The van der Waals surface area contributed by atoms with Gasteiger partial charge in [-0.3, -0.25) is 0 Å². The van der Waals surface area contributed by atoms with E-state index in [4.69, 9.17) is 0 Å². The van der Waals surface area contributed by atoms with E-state index >= 15 is 0 Å². The zero-order valence-corrected chi connectivity index (χ0v) is 12.4. The van der Waals surface area contributed by atoms with Crippen LogP contribution in [-0.4, -0.2) is 52.4 Å². The van der Waals surface area contributed by atoms with Crippen LogP contribution in [0.4, 0.5) is 0 Å². The molecule has 1 radical (unpaired) electrons. The van der Waals surface area contributed by atoms with E-state index in [1.807, 2.05) is 0 Å². The third-order valence-corrected chi connectivity index (χ3v) is 2.30. The van der Waals surface area contributed by atoms with Crippen molar-refractivity contribution in [2.24, 2.45) is 0 Å². The molecule has 5 heteroatoms. The third-order valence-electron chi connectivity index (χ3n) is 2.30. The van der Waals surface area contributed by atoms with Gasteiger partial charge in [-0.15, -0.1) is 13.1 Å². The molecule has 1 saturated heterocycles. The number of nitrogens with one attached hydrogen (secondary N) is 3. The van der Waals surface area contributed by atoms with E-state index in [0.29, 0.717) is 0 Å². The molecular formula is C10H23N4Y-. The minimum Gasteiger partial charge on any atom is -0.661 e. The molecule has 87 valence electrons. The second-order valence-electron chi connectivity index (χ2n) is 3.63. The summed E-state index contributed by atoms with van der Waals surface area (Å²) >= 11 is 0. The van der Waals surface area contributed by atoms with Crippen LogP contribution in [0.2, 0.25) is 0 Å². The summed E-state index contributed by atoms with van der Waals surface area (Å²) in [4.78, 5) is 0. The molecule has 3 N–H and O–H groups in total. The van der Waals surface area contributed by atoms with E-state index in [2.05, 4.69) is 21.3 Å². The van der Waals surface area contributed by atoms with Crippen LogP contribution in [0.5, 0.6) is 0 Å². The maximum Gasteiger partial charge on any atom is 0.00767 e. The van der Waals surface area contributed by atoms with E-state index < -0.39 is 0 Å². The first kappa shape index (κ1) is 15.9. The van der Waals surface area contributed by atoms with Crippen molar-refractivity contribution in [3.8, 4) is 0 Å². The molecule has 15 heavy (non-hydrogen) atoms. The molecule has 1 aliphatic rings. The predicted octanol–water partition coefficient (Wildman–Crippen LogP) is -0.0798. The second-order valence-corrected chi connectivity index (χ2v) is 3.63. The molecule has 0 aromatic carbocycles. The minimum atomic E-state index is 0. The van der Waals surface area contributed by atoms with E-state index in [9.17, 15) is 0 Å². The van der Waals surface area contributed by atoms with Crippen molar-refractivity contribution in [3.05, 3.63) is 5.32 Å². The first-order chi connectivity index (χ1) is 7.00. The first-order valence-electron chi connectivity index (χ1n) is 5.75. The van der Waals surface area contributed by atoms with Crippen molar-refractivity contribution in [2.75, 3.05) is 52.4 Å². The van der Waals surface area contributed by atoms with Gasteiger partial charge in [-0.1, -0.05) is 6.42 Å². The Balaban J connectivity index is 0.00000196. The van der Waals surface area contributed by atoms with Crippen LogP contribution < -0.4 is 16.0 Å². The summed E-state index contributed by atoms with van der Waals surface area (Å²) in [6.45, 7) is 8.48. The molecule has 1 fully saturated rings. The average Bonchev–Trinajstić information content (AvgIpc) is 2.22. The standard InChI is InChI=1S/C10H23N4.Y/c1-3-11-7-9-13-5-2-6-14-10-8-12-4-1;/h11-13H,1-10H2;/q-1;. The number of rotatable bonds is 0. The van der Waals surface area contributed by atoms with Gasteiger partial charge < -0.3 is 21.3 Å². The SMILES string of the molecule is C1C[N-]CCNCCCNCCNC1.[Y]. The van der Waals surface area contributed by atoms with Crippen LogP contribution in [0.25, 0.3) is 5.32 Å². The van der Waals surface area contributed by atoms with E-state index in [1.165, 1.54) is 12.8 Å². The fourth-order valence-electron chi connectivity index (χ4n) is 1.48. The Kier molecular flexibility index (Phi) is 13.8. The van der Waals surface area contributed by atoms with Crippen LogP contribution in [0.1, 0.15) is 12.8 Å². The molecule has 0 bridgehead atoms. The molecule has 0 unspecified atom stereocenters. The van der Waals surface area contributed by atoms with Crippen LogP contribution in [0.3, 0.4) is 0 Å². The Labute approximate surface area is 119 Å². The van der Waals surface area contributed by atoms with E-state index in [0.717, 1.165) is 52.4 Å². The molecule has 0 spiro atoms. The molecular weight excluding hydrogens is 265 g/mol. The molecule has 4 nitrogen and oxygen atoms in total. The van der Waals surface area contributed by atoms with Crippen molar-refractivity contribution in [3.63, 3.8) is 0 Å². The van der Waals surface area contributed by atoms with Gasteiger partial charge in [-0.2, -0.15) is 0 Å². The van der Waals surface area contributed by atoms with Gasteiger partial charge in [0.1, 0.15) is 0 Å². The fraction of sp³-hybridized carbons (Fsp3) is 1.00. The van der Waals surface area contributed by atoms with Gasteiger partial charge in [0.05, 0.1) is 0 Å². The minimum absolute atomic E-state index is 0. The zero-order valence-electron chi connectivity index (χ0n) is 9.60. The number of nitrogens with zero attached hydrogens (tertiary/aromatic N) is 1. The molecule has 0 amide bonds. The summed E-state index contributed by atoms with van der Waals surface area (Å²) in [6.07, 6.45) is 2.38. The second kappa shape index (κ2) is 13.0. The summed E-state index contributed by atoms with van der Waals surface area (Å²) in [5, 5.41) is 14.6. The summed E-state index contributed by atoms with van der Waals surface area (Å²) in [6, 6.07) is 0. The van der Waals surface area contributed by atoms with Crippen LogP contribution >= 0.6 is 0 Å². The maximum atomic E-state index is 4.44. The van der Waals surface area contributed by atoms with Gasteiger partial charge in [0.15, 0.2) is 0 Å². The summed E-state index contributed by atoms with van der Waals surface area (Å²) in [5.74, 6) is 0. The molecule has 0 aliphatic carbocycles. The van der Waals surface area contributed by atoms with Gasteiger partial charge in [0.25, 0.3) is 0 Å². The molecule has 0 aromatic rings. The van der Waals surface area contributed by atoms with Crippen LogP contribution in [0.15, 0.2) is 0 Å². The molecule has 0 atom stereocenters. The molecule has 1 heterocycles. The zero-order chi connectivity index (χ0) is 9.90. The smallest absolute Gasteiger partial charge is 0.00767 e. The Bertz CT molecular complexity index is 70.7. The normalized spacial score (nSPS) is 22.4. The molecule has 1 rings (SSSR count). The Hall–Kier alpha value is 0.944. The van der Waals surface area contributed by atoms with Crippen LogP contribution in [0, 0.1) is 0 Å². The third kappa shape index (κ3) is 11.2. The van der Waals surface area contributed by atoms with Crippen molar-refractivity contribution in [2.45, 2.75) is 12.8 Å². The van der Waals surface area contributed by atoms with E-state index in [1.54, 1.807) is 0 Å². The fourth-order valence-corrected chi connectivity index (χ4v) is 1.48. The van der Waals surface area contributed by atoms with Gasteiger partial charge in [-0.05, 0) is 32.6 Å². The van der Waals surface area contributed by atoms with Gasteiger partial charge in [0.2, 0.25) is 0 Å². The van der Waals surface area contributed by atoms with Crippen molar-refractivity contribution >= 4 is 0 Å². The molecule has 0 saturated carbocycles. The largest absolute Gasteiger partial charge is 0.661 e. The topological polar surface area (TPSA) is 50.2 Å². The Morgan fingerprint density at radius 1 is 0.600 bits per heavy atom. The van der Waals surface area contributed by atoms with Crippen LogP contribution in [-0.2, 0) is 32.7 Å².